The van der Waals surface area contributed by atoms with Crippen molar-refractivity contribution in [2.75, 3.05) is 6.54 Å². The molecule has 2 aromatic heterocycles. The maximum absolute atomic E-state index is 5.92. The summed E-state index contributed by atoms with van der Waals surface area (Å²) >= 11 is 1.74. The third kappa shape index (κ3) is 3.74. The van der Waals surface area contributed by atoms with Crippen molar-refractivity contribution < 1.29 is 4.42 Å². The molecule has 0 fully saturated rings. The fourth-order valence-corrected chi connectivity index (χ4v) is 3.10. The van der Waals surface area contributed by atoms with Crippen LogP contribution in [-0.4, -0.2) is 12.5 Å². The highest BCUT2D eigenvalue weighted by Gasteiger charge is 2.09. The van der Waals surface area contributed by atoms with Gasteiger partial charge in [0.1, 0.15) is 17.9 Å². The highest BCUT2D eigenvalue weighted by atomic mass is 32.1. The highest BCUT2D eigenvalue weighted by Crippen LogP contribution is 2.25. The van der Waals surface area contributed by atoms with Gasteiger partial charge >= 0.3 is 0 Å². The Kier molecular flexibility index (Phi) is 4.98. The number of furan rings is 1. The summed E-state index contributed by atoms with van der Waals surface area (Å²) in [6.45, 7) is 6.29. The summed E-state index contributed by atoms with van der Waals surface area (Å²) < 4.78 is 5.92. The molecule has 3 rings (SSSR count). The Labute approximate surface area is 140 Å². The van der Waals surface area contributed by atoms with Gasteiger partial charge < -0.3 is 15.1 Å². The molecule has 23 heavy (non-hydrogen) atoms. The standard InChI is InChI=1S/C18H21N3OS/c1-3-19-18(20-11-14-7-6-10-23-14)21-12-17-13(2)15-8-4-5-9-16(15)22-17/h4-10H,3,11-12H2,1-2H3,(H2,19,20,21). The van der Waals surface area contributed by atoms with Crippen LogP contribution in [0.25, 0.3) is 11.0 Å². The summed E-state index contributed by atoms with van der Waals surface area (Å²) in [4.78, 5) is 5.93. The summed E-state index contributed by atoms with van der Waals surface area (Å²) in [5.41, 5.74) is 2.09. The molecule has 0 unspecified atom stereocenters. The van der Waals surface area contributed by atoms with Crippen LogP contribution < -0.4 is 10.6 Å². The first-order valence-corrected chi connectivity index (χ1v) is 8.67. The molecular formula is C18H21N3OS. The number of guanidine groups is 1. The molecule has 1 aromatic carbocycles. The first-order valence-electron chi connectivity index (χ1n) is 7.79. The van der Waals surface area contributed by atoms with Crippen LogP contribution in [0, 0.1) is 6.92 Å². The smallest absolute Gasteiger partial charge is 0.191 e. The van der Waals surface area contributed by atoms with Gasteiger partial charge in [-0.3, -0.25) is 0 Å². The van der Waals surface area contributed by atoms with Crippen LogP contribution in [0.5, 0.6) is 0 Å². The maximum atomic E-state index is 5.92. The Morgan fingerprint density at radius 2 is 2.04 bits per heavy atom. The van der Waals surface area contributed by atoms with Crippen molar-refractivity contribution >= 4 is 28.3 Å². The molecular weight excluding hydrogens is 306 g/mol. The Balaban J connectivity index is 1.72. The Morgan fingerprint density at radius 1 is 1.17 bits per heavy atom. The number of thiophene rings is 1. The van der Waals surface area contributed by atoms with Crippen LogP contribution in [0.1, 0.15) is 23.1 Å². The minimum atomic E-state index is 0.528. The lowest BCUT2D eigenvalue weighted by atomic mass is 10.1. The fraction of sp³-hybridized carbons (Fsp3) is 0.278. The molecule has 0 spiro atoms. The van der Waals surface area contributed by atoms with Crippen molar-refractivity contribution in [2.24, 2.45) is 4.99 Å². The fourth-order valence-electron chi connectivity index (χ4n) is 2.45. The predicted molar refractivity (Wildman–Crippen MR) is 96.9 cm³/mol. The van der Waals surface area contributed by atoms with Gasteiger partial charge in [-0.1, -0.05) is 24.3 Å². The number of hydrogen-bond acceptors (Lipinski definition) is 3. The zero-order chi connectivity index (χ0) is 16.1. The molecule has 120 valence electrons. The third-order valence-corrected chi connectivity index (χ3v) is 4.55. The topological polar surface area (TPSA) is 49.6 Å². The quantitative estimate of drug-likeness (QED) is 0.549. The van der Waals surface area contributed by atoms with Gasteiger partial charge in [0.25, 0.3) is 0 Å². The molecule has 0 amide bonds. The number of fused-ring (bicyclic) bond motifs is 1. The first kappa shape index (κ1) is 15.6. The van der Waals surface area contributed by atoms with Gasteiger partial charge in [-0.25, -0.2) is 4.99 Å². The zero-order valence-corrected chi connectivity index (χ0v) is 14.2. The minimum absolute atomic E-state index is 0.528. The van der Waals surface area contributed by atoms with Gasteiger partial charge in [-0.2, -0.15) is 0 Å². The second kappa shape index (κ2) is 7.33. The molecule has 0 bridgehead atoms. The van der Waals surface area contributed by atoms with E-state index < -0.39 is 0 Å². The number of rotatable bonds is 5. The average Bonchev–Trinajstić information content (AvgIpc) is 3.19. The number of aliphatic imine (C=N–C) groups is 1. The lowest BCUT2D eigenvalue weighted by Crippen LogP contribution is -2.36. The van der Waals surface area contributed by atoms with Crippen molar-refractivity contribution in [3.8, 4) is 0 Å². The summed E-state index contributed by atoms with van der Waals surface area (Å²) in [6, 6.07) is 12.3. The predicted octanol–water partition coefficient (Wildman–Crippen LogP) is 4.06. The number of para-hydroxylation sites is 1. The van der Waals surface area contributed by atoms with E-state index in [0.29, 0.717) is 6.54 Å². The average molecular weight is 327 g/mol. The second-order valence-electron chi connectivity index (χ2n) is 5.27. The van der Waals surface area contributed by atoms with Crippen molar-refractivity contribution in [2.45, 2.75) is 26.9 Å². The van der Waals surface area contributed by atoms with Crippen LogP contribution >= 0.6 is 11.3 Å². The molecule has 4 nitrogen and oxygen atoms in total. The third-order valence-electron chi connectivity index (χ3n) is 3.68. The van der Waals surface area contributed by atoms with Crippen LogP contribution in [0.4, 0.5) is 0 Å². The summed E-state index contributed by atoms with van der Waals surface area (Å²) in [7, 11) is 0. The van der Waals surface area contributed by atoms with E-state index in [1.54, 1.807) is 11.3 Å². The van der Waals surface area contributed by atoms with E-state index in [1.165, 1.54) is 10.4 Å². The Bertz CT molecular complexity index is 790. The molecule has 0 aliphatic heterocycles. The normalized spacial score (nSPS) is 11.8. The summed E-state index contributed by atoms with van der Waals surface area (Å²) in [5.74, 6) is 1.72. The van der Waals surface area contributed by atoms with Crippen LogP contribution in [0.15, 0.2) is 51.2 Å². The van der Waals surface area contributed by atoms with Crippen molar-refractivity contribution in [3.05, 3.63) is 58.0 Å². The van der Waals surface area contributed by atoms with E-state index in [4.69, 9.17) is 4.42 Å². The number of hydrogen-bond donors (Lipinski definition) is 2. The monoisotopic (exact) mass is 327 g/mol. The van der Waals surface area contributed by atoms with Crippen LogP contribution in [0.2, 0.25) is 0 Å². The van der Waals surface area contributed by atoms with Crippen LogP contribution in [-0.2, 0) is 13.1 Å². The SMILES string of the molecule is CCNC(=NCc1oc2ccccc2c1C)NCc1cccs1. The van der Waals surface area contributed by atoms with Crippen molar-refractivity contribution in [3.63, 3.8) is 0 Å². The van der Waals surface area contributed by atoms with Gasteiger partial charge in [-0.15, -0.1) is 11.3 Å². The number of aryl methyl sites for hydroxylation is 1. The molecule has 2 N–H and O–H groups in total. The minimum Gasteiger partial charge on any atom is -0.459 e. The maximum Gasteiger partial charge on any atom is 0.191 e. The van der Waals surface area contributed by atoms with Crippen LogP contribution in [0.3, 0.4) is 0 Å². The first-order chi connectivity index (χ1) is 11.3. The molecule has 5 heteroatoms. The molecule has 3 aromatic rings. The molecule has 0 atom stereocenters. The van der Waals surface area contributed by atoms with Crippen molar-refractivity contribution in [1.29, 1.82) is 0 Å². The number of nitrogens with zero attached hydrogens (tertiary/aromatic N) is 1. The van der Waals surface area contributed by atoms with Gasteiger partial charge in [0.05, 0.1) is 6.54 Å². The molecule has 0 aliphatic carbocycles. The van der Waals surface area contributed by atoms with Crippen molar-refractivity contribution in [1.82, 2.24) is 10.6 Å². The van der Waals surface area contributed by atoms with E-state index in [9.17, 15) is 0 Å². The summed E-state index contributed by atoms with van der Waals surface area (Å²) in [6.07, 6.45) is 0. The molecule has 0 radical (unpaired) electrons. The molecule has 0 saturated heterocycles. The highest BCUT2D eigenvalue weighted by molar-refractivity contribution is 7.09. The lowest BCUT2D eigenvalue weighted by molar-refractivity contribution is 0.548. The van der Waals surface area contributed by atoms with E-state index >= 15 is 0 Å². The van der Waals surface area contributed by atoms with Gasteiger partial charge in [0.15, 0.2) is 5.96 Å². The van der Waals surface area contributed by atoms with E-state index in [-0.39, 0.29) is 0 Å². The van der Waals surface area contributed by atoms with Gasteiger partial charge in [0, 0.05) is 22.4 Å². The Hall–Kier alpha value is -2.27. The van der Waals surface area contributed by atoms with Gasteiger partial charge in [0.2, 0.25) is 0 Å². The summed E-state index contributed by atoms with van der Waals surface area (Å²) in [5, 5.41) is 9.87. The van der Waals surface area contributed by atoms with E-state index in [1.807, 2.05) is 18.2 Å². The molecule has 2 heterocycles. The van der Waals surface area contributed by atoms with E-state index in [0.717, 1.165) is 35.8 Å². The lowest BCUT2D eigenvalue weighted by Gasteiger charge is -2.10. The largest absolute Gasteiger partial charge is 0.459 e. The molecule has 0 aliphatic rings. The Morgan fingerprint density at radius 3 is 2.78 bits per heavy atom. The number of nitrogens with one attached hydrogen (secondary N) is 2. The zero-order valence-electron chi connectivity index (χ0n) is 13.4. The van der Waals surface area contributed by atoms with E-state index in [2.05, 4.69) is 53.1 Å². The second-order valence-corrected chi connectivity index (χ2v) is 6.31. The molecule has 0 saturated carbocycles. The number of benzene rings is 1. The van der Waals surface area contributed by atoms with Gasteiger partial charge in [-0.05, 0) is 31.4 Å².